The molecule has 0 fully saturated rings. The van der Waals surface area contributed by atoms with Crippen molar-refractivity contribution in [2.75, 3.05) is 4.90 Å². The molecule has 286 valence electrons. The molecule has 0 aliphatic carbocycles. The molecule has 0 saturated carbocycles. The monoisotopic (exact) mass is 794 g/mol. The third-order valence-corrected chi connectivity index (χ3v) is 13.3. The molecule has 0 unspecified atom stereocenters. The summed E-state index contributed by atoms with van der Waals surface area (Å²) in [5, 5.41) is 7.39. The Morgan fingerprint density at radius 1 is 0.344 bits per heavy atom. The van der Waals surface area contributed by atoms with Crippen LogP contribution in [0.25, 0.3) is 91.8 Å². The minimum Gasteiger partial charge on any atom is -0.310 e. The van der Waals surface area contributed by atoms with Crippen molar-refractivity contribution >= 4 is 81.1 Å². The van der Waals surface area contributed by atoms with Gasteiger partial charge in [-0.1, -0.05) is 170 Å². The molecule has 2 nitrogen and oxygen atoms in total. The summed E-state index contributed by atoms with van der Waals surface area (Å²) in [6.07, 6.45) is 0. The van der Waals surface area contributed by atoms with Crippen LogP contribution < -0.4 is 4.90 Å². The third kappa shape index (κ3) is 6.01. The molecule has 2 heterocycles. The van der Waals surface area contributed by atoms with Gasteiger partial charge in [0.1, 0.15) is 0 Å². The molecule has 10 aromatic carbocycles. The summed E-state index contributed by atoms with van der Waals surface area (Å²) in [5.74, 6) is 0. The van der Waals surface area contributed by atoms with Crippen LogP contribution in [0.3, 0.4) is 0 Å². The number of thiophene rings is 1. The minimum absolute atomic E-state index is 1.09. The highest BCUT2D eigenvalue weighted by molar-refractivity contribution is 7.25. The molecule has 0 bridgehead atoms. The molecule has 3 heteroatoms. The van der Waals surface area contributed by atoms with E-state index in [0.717, 1.165) is 22.7 Å². The van der Waals surface area contributed by atoms with Crippen molar-refractivity contribution in [1.29, 1.82) is 0 Å². The first kappa shape index (κ1) is 35.2. The summed E-state index contributed by atoms with van der Waals surface area (Å²) < 4.78 is 5.14. The highest BCUT2D eigenvalue weighted by atomic mass is 32.1. The largest absolute Gasteiger partial charge is 0.310 e. The molecule has 0 saturated heterocycles. The Labute approximate surface area is 358 Å². The predicted molar refractivity (Wildman–Crippen MR) is 262 cm³/mol. The van der Waals surface area contributed by atoms with E-state index in [4.69, 9.17) is 0 Å². The lowest BCUT2D eigenvalue weighted by Crippen LogP contribution is -2.11. The van der Waals surface area contributed by atoms with Crippen LogP contribution in [0.2, 0.25) is 0 Å². The van der Waals surface area contributed by atoms with Crippen molar-refractivity contribution in [3.05, 3.63) is 231 Å². The van der Waals surface area contributed by atoms with Gasteiger partial charge >= 0.3 is 0 Å². The van der Waals surface area contributed by atoms with Crippen molar-refractivity contribution in [1.82, 2.24) is 4.57 Å². The van der Waals surface area contributed by atoms with Gasteiger partial charge in [-0.2, -0.15) is 0 Å². The molecule has 0 aliphatic heterocycles. The second kappa shape index (κ2) is 14.5. The van der Waals surface area contributed by atoms with Crippen LogP contribution in [-0.4, -0.2) is 4.57 Å². The van der Waals surface area contributed by atoms with Gasteiger partial charge in [0.25, 0.3) is 0 Å². The number of aromatic nitrogens is 1. The molecule has 12 aromatic rings. The van der Waals surface area contributed by atoms with Crippen molar-refractivity contribution < 1.29 is 0 Å². The van der Waals surface area contributed by atoms with Gasteiger partial charge in [-0.25, -0.2) is 0 Å². The number of hydrogen-bond donors (Lipinski definition) is 0. The number of fused-ring (bicyclic) bond motifs is 8. The maximum Gasteiger partial charge on any atom is 0.0640 e. The first-order valence-corrected chi connectivity index (χ1v) is 21.6. The van der Waals surface area contributed by atoms with E-state index in [2.05, 4.69) is 240 Å². The molecule has 0 spiro atoms. The number of rotatable bonds is 7. The average molecular weight is 795 g/mol. The zero-order valence-electron chi connectivity index (χ0n) is 33.2. The number of nitrogens with zero attached hydrogens (tertiary/aromatic N) is 2. The van der Waals surface area contributed by atoms with Crippen molar-refractivity contribution in [2.24, 2.45) is 0 Å². The third-order valence-electron chi connectivity index (χ3n) is 12.1. The van der Waals surface area contributed by atoms with Crippen LogP contribution in [0, 0.1) is 0 Å². The molecule has 61 heavy (non-hydrogen) atoms. The second-order valence-electron chi connectivity index (χ2n) is 15.7. The zero-order valence-corrected chi connectivity index (χ0v) is 34.1. The standard InChI is InChI=1S/C58H38N2S/c1-4-15-39(16-5-1)42-27-30-46(31-28-42)59(47-23-14-22-43(35-47)40-17-6-2-7-18-40)54-37-45-21-10-11-24-49(45)58-57(54)51-33-29-44(41-19-8-3-9-20-41)36-53(51)60(58)48-32-34-56-52(38-48)50-25-12-13-26-55(50)61-56/h1-38H. The molecule has 0 atom stereocenters. The molecule has 0 N–H and O–H groups in total. The van der Waals surface area contributed by atoms with Crippen LogP contribution in [0.4, 0.5) is 17.1 Å². The van der Waals surface area contributed by atoms with Gasteiger partial charge < -0.3 is 9.47 Å². The van der Waals surface area contributed by atoms with Crippen molar-refractivity contribution in [3.63, 3.8) is 0 Å². The summed E-state index contributed by atoms with van der Waals surface area (Å²) >= 11 is 1.86. The Bertz CT molecular complexity index is 3570. The molecule has 0 radical (unpaired) electrons. The topological polar surface area (TPSA) is 8.17 Å². The fraction of sp³-hybridized carbons (Fsp3) is 0. The Morgan fingerprint density at radius 2 is 0.918 bits per heavy atom. The Hall–Kier alpha value is -7.72. The van der Waals surface area contributed by atoms with Crippen molar-refractivity contribution in [2.45, 2.75) is 0 Å². The van der Waals surface area contributed by atoms with Gasteiger partial charge in [0.05, 0.1) is 16.7 Å². The summed E-state index contributed by atoms with van der Waals surface area (Å²) in [5.41, 5.74) is 14.0. The lowest BCUT2D eigenvalue weighted by Gasteiger charge is -2.28. The summed E-state index contributed by atoms with van der Waals surface area (Å²) in [6.45, 7) is 0. The lowest BCUT2D eigenvalue weighted by atomic mass is 9.99. The Morgan fingerprint density at radius 3 is 1.66 bits per heavy atom. The molecule has 0 aliphatic rings. The first-order chi connectivity index (χ1) is 30.2. The predicted octanol–water partition coefficient (Wildman–Crippen LogP) is 16.8. The van der Waals surface area contributed by atoms with Gasteiger partial charge in [0.2, 0.25) is 0 Å². The van der Waals surface area contributed by atoms with Gasteiger partial charge in [-0.05, 0) is 99.4 Å². The maximum absolute atomic E-state index is 2.53. The normalized spacial score (nSPS) is 11.6. The van der Waals surface area contributed by atoms with Gasteiger partial charge in [-0.15, -0.1) is 11.3 Å². The quantitative estimate of drug-likeness (QED) is 0.156. The molecule has 0 amide bonds. The van der Waals surface area contributed by atoms with E-state index in [9.17, 15) is 0 Å². The van der Waals surface area contributed by atoms with E-state index in [1.807, 2.05) is 11.3 Å². The average Bonchev–Trinajstić information content (AvgIpc) is 3.88. The van der Waals surface area contributed by atoms with Crippen LogP contribution >= 0.6 is 11.3 Å². The van der Waals surface area contributed by atoms with E-state index in [0.29, 0.717) is 0 Å². The van der Waals surface area contributed by atoms with Crippen LogP contribution in [0.1, 0.15) is 0 Å². The first-order valence-electron chi connectivity index (χ1n) is 20.8. The molecular weight excluding hydrogens is 757 g/mol. The smallest absolute Gasteiger partial charge is 0.0640 e. The van der Waals surface area contributed by atoms with Crippen LogP contribution in [-0.2, 0) is 0 Å². The van der Waals surface area contributed by atoms with Gasteiger partial charge in [-0.3, -0.25) is 0 Å². The molecular formula is C58H38N2S. The fourth-order valence-corrected chi connectivity index (χ4v) is 10.4. The van der Waals surface area contributed by atoms with E-state index >= 15 is 0 Å². The fourth-order valence-electron chi connectivity index (χ4n) is 9.28. The van der Waals surface area contributed by atoms with E-state index in [1.54, 1.807) is 0 Å². The van der Waals surface area contributed by atoms with Crippen LogP contribution in [0.15, 0.2) is 231 Å². The second-order valence-corrected chi connectivity index (χ2v) is 16.8. The number of hydrogen-bond acceptors (Lipinski definition) is 2. The van der Waals surface area contributed by atoms with E-state index < -0.39 is 0 Å². The summed E-state index contributed by atoms with van der Waals surface area (Å²) in [4.78, 5) is 2.47. The van der Waals surface area contributed by atoms with Gasteiger partial charge in [0.15, 0.2) is 0 Å². The molecule has 2 aromatic heterocycles. The van der Waals surface area contributed by atoms with Crippen LogP contribution in [0.5, 0.6) is 0 Å². The zero-order chi connectivity index (χ0) is 40.3. The lowest BCUT2D eigenvalue weighted by molar-refractivity contribution is 1.19. The number of benzene rings is 10. The van der Waals surface area contributed by atoms with Crippen molar-refractivity contribution in [3.8, 4) is 39.1 Å². The minimum atomic E-state index is 1.09. The summed E-state index contributed by atoms with van der Waals surface area (Å²) in [7, 11) is 0. The SMILES string of the molecule is c1ccc(-c2ccc(N(c3cccc(-c4ccccc4)c3)c3cc4ccccc4c4c3c3ccc(-c5ccccc5)cc3n4-c3ccc4sc5ccccc5c4c3)cc2)cc1. The maximum atomic E-state index is 2.53. The highest BCUT2D eigenvalue weighted by Crippen LogP contribution is 2.48. The number of anilines is 3. The molecule has 12 rings (SSSR count). The highest BCUT2D eigenvalue weighted by Gasteiger charge is 2.25. The Balaban J connectivity index is 1.19. The Kier molecular flexibility index (Phi) is 8.39. The summed E-state index contributed by atoms with van der Waals surface area (Å²) in [6, 6.07) is 84.3. The van der Waals surface area contributed by atoms with Gasteiger partial charge in [0, 0.05) is 53.4 Å². The van der Waals surface area contributed by atoms with E-state index in [1.165, 1.54) is 86.1 Å². The van der Waals surface area contributed by atoms with E-state index in [-0.39, 0.29) is 0 Å².